The summed E-state index contributed by atoms with van der Waals surface area (Å²) in [6, 6.07) is 10.8. The first-order valence-electron chi connectivity index (χ1n) is 9.76. The van der Waals surface area contributed by atoms with Crippen LogP contribution in [0.3, 0.4) is 0 Å². The second-order valence-electron chi connectivity index (χ2n) is 6.84. The van der Waals surface area contributed by atoms with E-state index in [1.807, 2.05) is 6.92 Å². The minimum Gasteiger partial charge on any atom is -0.507 e. The maximum atomic E-state index is 12.9. The van der Waals surface area contributed by atoms with Crippen molar-refractivity contribution in [2.45, 2.75) is 13.0 Å². The maximum Gasteiger partial charge on any atom is 0.295 e. The molecule has 0 radical (unpaired) electrons. The summed E-state index contributed by atoms with van der Waals surface area (Å²) in [5.41, 5.74) is 0.984. The van der Waals surface area contributed by atoms with E-state index in [0.29, 0.717) is 34.3 Å². The molecule has 7 nitrogen and oxygen atoms in total. The van der Waals surface area contributed by atoms with Crippen LogP contribution in [0, 0.1) is 0 Å². The van der Waals surface area contributed by atoms with E-state index in [0.717, 1.165) is 0 Å². The van der Waals surface area contributed by atoms with E-state index in [2.05, 4.69) is 0 Å². The van der Waals surface area contributed by atoms with E-state index in [1.165, 1.54) is 19.1 Å². The number of likely N-dealkylation sites (tertiary alicyclic amines) is 1. The Bertz CT molecular complexity index is 1000. The van der Waals surface area contributed by atoms with Crippen LogP contribution in [-0.2, 0) is 14.3 Å². The summed E-state index contributed by atoms with van der Waals surface area (Å²) in [5.74, 6) is -0.733. The molecular formula is C23H24ClNO6. The highest BCUT2D eigenvalue weighted by molar-refractivity contribution is 6.46. The van der Waals surface area contributed by atoms with E-state index in [1.54, 1.807) is 42.5 Å². The quantitative estimate of drug-likeness (QED) is 0.378. The molecule has 1 saturated heterocycles. The van der Waals surface area contributed by atoms with Gasteiger partial charge >= 0.3 is 0 Å². The van der Waals surface area contributed by atoms with Gasteiger partial charge in [-0.2, -0.15) is 0 Å². The maximum absolute atomic E-state index is 12.9. The van der Waals surface area contributed by atoms with Crippen LogP contribution in [0.5, 0.6) is 11.5 Å². The second kappa shape index (κ2) is 9.85. The van der Waals surface area contributed by atoms with Gasteiger partial charge in [0.05, 0.1) is 31.9 Å². The summed E-state index contributed by atoms with van der Waals surface area (Å²) in [6.07, 6.45) is 0. The second-order valence-corrected chi connectivity index (χ2v) is 7.27. The number of hydrogen-bond donors (Lipinski definition) is 1. The van der Waals surface area contributed by atoms with E-state index in [4.69, 9.17) is 25.8 Å². The van der Waals surface area contributed by atoms with Crippen LogP contribution >= 0.6 is 11.6 Å². The van der Waals surface area contributed by atoms with Gasteiger partial charge in [-0.1, -0.05) is 17.7 Å². The van der Waals surface area contributed by atoms with E-state index in [-0.39, 0.29) is 24.5 Å². The zero-order valence-electron chi connectivity index (χ0n) is 17.6. The molecule has 1 aliphatic rings. The summed E-state index contributed by atoms with van der Waals surface area (Å²) in [5, 5.41) is 11.5. The Morgan fingerprint density at radius 3 is 2.42 bits per heavy atom. The molecule has 1 atom stereocenters. The molecule has 2 aromatic carbocycles. The number of carbonyl (C=O) groups excluding carboxylic acids is 2. The molecule has 2 aromatic rings. The number of nitrogens with zero attached hydrogens (tertiary/aromatic N) is 1. The molecular weight excluding hydrogens is 422 g/mol. The number of carbonyl (C=O) groups is 2. The van der Waals surface area contributed by atoms with Gasteiger partial charge in [-0.15, -0.1) is 0 Å². The van der Waals surface area contributed by atoms with Crippen LogP contribution in [0.1, 0.15) is 24.1 Å². The number of hydrogen-bond acceptors (Lipinski definition) is 6. The van der Waals surface area contributed by atoms with Gasteiger partial charge in [0, 0.05) is 24.2 Å². The molecule has 1 amide bonds. The summed E-state index contributed by atoms with van der Waals surface area (Å²) in [7, 11) is 3.02. The Morgan fingerprint density at radius 1 is 1.10 bits per heavy atom. The average molecular weight is 446 g/mol. The lowest BCUT2D eigenvalue weighted by Gasteiger charge is -2.25. The van der Waals surface area contributed by atoms with E-state index >= 15 is 0 Å². The van der Waals surface area contributed by atoms with Crippen molar-refractivity contribution in [1.29, 1.82) is 0 Å². The fourth-order valence-electron chi connectivity index (χ4n) is 3.54. The Kier molecular flexibility index (Phi) is 7.20. The average Bonchev–Trinajstić information content (AvgIpc) is 3.03. The largest absolute Gasteiger partial charge is 0.507 e. The predicted molar refractivity (Wildman–Crippen MR) is 117 cm³/mol. The molecule has 164 valence electrons. The molecule has 1 unspecified atom stereocenters. The van der Waals surface area contributed by atoms with Gasteiger partial charge in [-0.3, -0.25) is 9.59 Å². The predicted octanol–water partition coefficient (Wildman–Crippen LogP) is 3.82. The lowest BCUT2D eigenvalue weighted by atomic mass is 9.95. The first-order chi connectivity index (χ1) is 14.9. The van der Waals surface area contributed by atoms with Crippen LogP contribution in [-0.4, -0.2) is 55.7 Å². The van der Waals surface area contributed by atoms with Gasteiger partial charge in [0.15, 0.2) is 11.5 Å². The van der Waals surface area contributed by atoms with Crippen LogP contribution in [0.15, 0.2) is 48.0 Å². The number of methoxy groups -OCH3 is 2. The molecule has 3 rings (SSSR count). The third-order valence-electron chi connectivity index (χ3n) is 5.00. The van der Waals surface area contributed by atoms with Gasteiger partial charge in [0.25, 0.3) is 11.7 Å². The number of ether oxygens (including phenoxy) is 3. The highest BCUT2D eigenvalue weighted by atomic mass is 35.5. The van der Waals surface area contributed by atoms with Crippen molar-refractivity contribution < 1.29 is 28.9 Å². The number of halogens is 1. The lowest BCUT2D eigenvalue weighted by Crippen LogP contribution is -2.32. The van der Waals surface area contributed by atoms with E-state index in [9.17, 15) is 14.7 Å². The fraction of sp³-hybridized carbons (Fsp3) is 0.304. The summed E-state index contributed by atoms with van der Waals surface area (Å²) in [4.78, 5) is 27.1. The summed E-state index contributed by atoms with van der Waals surface area (Å²) < 4.78 is 16.1. The van der Waals surface area contributed by atoms with Crippen LogP contribution in [0.4, 0.5) is 0 Å². The van der Waals surface area contributed by atoms with Crippen molar-refractivity contribution in [2.75, 3.05) is 34.0 Å². The van der Waals surface area contributed by atoms with Crippen LogP contribution < -0.4 is 9.47 Å². The van der Waals surface area contributed by atoms with Crippen LogP contribution in [0.25, 0.3) is 5.76 Å². The number of ketones is 1. The highest BCUT2D eigenvalue weighted by Crippen LogP contribution is 2.41. The topological polar surface area (TPSA) is 85.3 Å². The van der Waals surface area contributed by atoms with Gasteiger partial charge in [0.1, 0.15) is 5.76 Å². The van der Waals surface area contributed by atoms with Crippen molar-refractivity contribution in [3.05, 3.63) is 64.2 Å². The molecule has 1 N–H and O–H groups in total. The summed E-state index contributed by atoms with van der Waals surface area (Å²) >= 11 is 5.94. The Morgan fingerprint density at radius 2 is 1.81 bits per heavy atom. The number of aliphatic hydroxyl groups is 1. The zero-order valence-corrected chi connectivity index (χ0v) is 18.3. The first kappa shape index (κ1) is 22.7. The van der Waals surface area contributed by atoms with Crippen LogP contribution in [0.2, 0.25) is 5.02 Å². The number of Topliss-reactive ketones (excluding diaryl/α,β-unsaturated/α-hetero) is 1. The molecule has 0 aromatic heterocycles. The van der Waals surface area contributed by atoms with Crippen molar-refractivity contribution >= 4 is 29.1 Å². The molecule has 0 aliphatic carbocycles. The van der Waals surface area contributed by atoms with Gasteiger partial charge in [0.2, 0.25) is 0 Å². The Hall–Kier alpha value is -3.03. The molecule has 1 aliphatic heterocycles. The molecule has 8 heteroatoms. The Balaban J connectivity index is 2.17. The van der Waals surface area contributed by atoms with E-state index < -0.39 is 17.7 Å². The first-order valence-corrected chi connectivity index (χ1v) is 10.1. The SMILES string of the molecule is CCOc1ccc(C2/C(=C(\O)c3ccc(Cl)cc3)C(=O)C(=O)N2CCOC)cc1OC. The van der Waals surface area contributed by atoms with Gasteiger partial charge in [-0.05, 0) is 48.9 Å². The van der Waals surface area contributed by atoms with Crippen molar-refractivity contribution in [1.82, 2.24) is 4.90 Å². The monoisotopic (exact) mass is 445 g/mol. The standard InChI is InChI=1S/C23H24ClNO6/c1-4-31-17-10-7-15(13-18(17)30-3)20-19(21(26)14-5-8-16(24)9-6-14)22(27)23(28)25(20)11-12-29-2/h5-10,13,20,26H,4,11-12H2,1-3H3/b21-19+. The molecule has 31 heavy (non-hydrogen) atoms. The van der Waals surface area contributed by atoms with Crippen molar-refractivity contribution in [3.63, 3.8) is 0 Å². The third-order valence-corrected chi connectivity index (χ3v) is 5.25. The van der Waals surface area contributed by atoms with Crippen molar-refractivity contribution in [3.8, 4) is 11.5 Å². The smallest absolute Gasteiger partial charge is 0.295 e. The Labute approximate surface area is 185 Å². The molecule has 0 saturated carbocycles. The highest BCUT2D eigenvalue weighted by Gasteiger charge is 2.46. The molecule has 1 heterocycles. The van der Waals surface area contributed by atoms with Gasteiger partial charge in [-0.25, -0.2) is 0 Å². The molecule has 0 spiro atoms. The molecule has 1 fully saturated rings. The number of amides is 1. The number of rotatable bonds is 8. The van der Waals surface area contributed by atoms with Crippen molar-refractivity contribution in [2.24, 2.45) is 0 Å². The zero-order chi connectivity index (χ0) is 22.5. The fourth-order valence-corrected chi connectivity index (χ4v) is 3.67. The molecule has 0 bridgehead atoms. The number of benzene rings is 2. The minimum absolute atomic E-state index is 0.00496. The normalized spacial score (nSPS) is 17.8. The van der Waals surface area contributed by atoms with Gasteiger partial charge < -0.3 is 24.2 Å². The lowest BCUT2D eigenvalue weighted by molar-refractivity contribution is -0.140. The third kappa shape index (κ3) is 4.52. The number of aliphatic hydroxyl groups excluding tert-OH is 1. The minimum atomic E-state index is -0.810. The summed E-state index contributed by atoms with van der Waals surface area (Å²) in [6.45, 7) is 2.73.